The Morgan fingerprint density at radius 3 is 2.80 bits per heavy atom. The molecule has 0 bridgehead atoms. The monoisotopic (exact) mass is 212 g/mol. The lowest BCUT2D eigenvalue weighted by molar-refractivity contribution is -0.149. The minimum atomic E-state index is 0.0263. The summed E-state index contributed by atoms with van der Waals surface area (Å²) in [5.74, 6) is 0.0263. The standard InChI is InChI=1S/C13H24O2/c1-2-3-6-9-12-10-7-4-5-8-11-13(14)15-12/h12H,2-11H2,1H3. The Hall–Kier alpha value is -0.530. The molecule has 0 aromatic rings. The molecule has 15 heavy (non-hydrogen) atoms. The van der Waals surface area contributed by atoms with Crippen LogP contribution >= 0.6 is 0 Å². The molecule has 1 rings (SSSR count). The van der Waals surface area contributed by atoms with E-state index in [1.54, 1.807) is 0 Å². The summed E-state index contributed by atoms with van der Waals surface area (Å²) in [5.41, 5.74) is 0. The van der Waals surface area contributed by atoms with E-state index in [4.69, 9.17) is 4.74 Å². The molecule has 0 amide bonds. The Morgan fingerprint density at radius 2 is 2.00 bits per heavy atom. The summed E-state index contributed by atoms with van der Waals surface area (Å²) in [7, 11) is 0. The van der Waals surface area contributed by atoms with E-state index in [1.807, 2.05) is 0 Å². The molecular weight excluding hydrogens is 188 g/mol. The number of hydrogen-bond donors (Lipinski definition) is 0. The summed E-state index contributed by atoms with van der Waals surface area (Å²) in [6.45, 7) is 2.20. The molecule has 0 aliphatic carbocycles. The SMILES string of the molecule is CCCCCC1CCCCCCC(=O)O1. The number of carbonyl (C=O) groups is 1. The van der Waals surface area contributed by atoms with Crippen molar-refractivity contribution >= 4 is 5.97 Å². The van der Waals surface area contributed by atoms with E-state index in [2.05, 4.69) is 6.92 Å². The van der Waals surface area contributed by atoms with Crippen LogP contribution < -0.4 is 0 Å². The smallest absolute Gasteiger partial charge is 0.306 e. The second-order valence-electron chi connectivity index (χ2n) is 4.56. The molecule has 0 N–H and O–H groups in total. The number of cyclic esters (lactones) is 1. The van der Waals surface area contributed by atoms with Gasteiger partial charge in [0.05, 0.1) is 0 Å². The molecule has 88 valence electrons. The normalized spacial score (nSPS) is 23.8. The molecule has 1 unspecified atom stereocenters. The lowest BCUT2D eigenvalue weighted by Gasteiger charge is -2.16. The molecule has 1 fully saturated rings. The van der Waals surface area contributed by atoms with Gasteiger partial charge in [-0.05, 0) is 32.1 Å². The summed E-state index contributed by atoms with van der Waals surface area (Å²) in [4.78, 5) is 11.4. The predicted molar refractivity (Wildman–Crippen MR) is 61.7 cm³/mol. The van der Waals surface area contributed by atoms with Crippen LogP contribution in [0.3, 0.4) is 0 Å². The minimum absolute atomic E-state index is 0.0263. The van der Waals surface area contributed by atoms with Gasteiger partial charge in [0.25, 0.3) is 0 Å². The van der Waals surface area contributed by atoms with Crippen molar-refractivity contribution in [3.8, 4) is 0 Å². The largest absolute Gasteiger partial charge is 0.462 e. The van der Waals surface area contributed by atoms with Gasteiger partial charge in [0.2, 0.25) is 0 Å². The van der Waals surface area contributed by atoms with E-state index >= 15 is 0 Å². The van der Waals surface area contributed by atoms with Crippen LogP contribution in [0.5, 0.6) is 0 Å². The average molecular weight is 212 g/mol. The molecule has 2 nitrogen and oxygen atoms in total. The summed E-state index contributed by atoms with van der Waals surface area (Å²) in [6, 6.07) is 0. The van der Waals surface area contributed by atoms with Gasteiger partial charge in [0.1, 0.15) is 6.10 Å². The van der Waals surface area contributed by atoms with E-state index in [9.17, 15) is 4.79 Å². The van der Waals surface area contributed by atoms with E-state index in [0.29, 0.717) is 6.42 Å². The molecule has 0 aromatic carbocycles. The maximum absolute atomic E-state index is 11.4. The van der Waals surface area contributed by atoms with Gasteiger partial charge < -0.3 is 4.74 Å². The number of ether oxygens (including phenoxy) is 1. The second kappa shape index (κ2) is 7.72. The number of esters is 1. The summed E-state index contributed by atoms with van der Waals surface area (Å²) >= 11 is 0. The van der Waals surface area contributed by atoms with Crippen LogP contribution in [0.2, 0.25) is 0 Å². The molecule has 1 aliphatic heterocycles. The van der Waals surface area contributed by atoms with Crippen LogP contribution in [0.25, 0.3) is 0 Å². The summed E-state index contributed by atoms with van der Waals surface area (Å²) < 4.78 is 5.48. The number of hydrogen-bond acceptors (Lipinski definition) is 2. The fourth-order valence-corrected chi connectivity index (χ4v) is 2.12. The van der Waals surface area contributed by atoms with Gasteiger partial charge in [-0.25, -0.2) is 0 Å². The van der Waals surface area contributed by atoms with Crippen molar-refractivity contribution in [3.63, 3.8) is 0 Å². The molecule has 1 saturated heterocycles. The zero-order chi connectivity index (χ0) is 10.9. The minimum Gasteiger partial charge on any atom is -0.462 e. The first-order chi connectivity index (χ1) is 7.33. The fraction of sp³-hybridized carbons (Fsp3) is 0.923. The van der Waals surface area contributed by atoms with Crippen molar-refractivity contribution in [1.29, 1.82) is 0 Å². The predicted octanol–water partition coefficient (Wildman–Crippen LogP) is 3.83. The first-order valence-corrected chi connectivity index (χ1v) is 6.52. The highest BCUT2D eigenvalue weighted by atomic mass is 16.5. The Kier molecular flexibility index (Phi) is 6.45. The van der Waals surface area contributed by atoms with Crippen LogP contribution in [0.15, 0.2) is 0 Å². The average Bonchev–Trinajstić information content (AvgIpc) is 2.31. The Morgan fingerprint density at radius 1 is 1.20 bits per heavy atom. The van der Waals surface area contributed by atoms with Crippen LogP contribution in [-0.4, -0.2) is 12.1 Å². The molecule has 1 heterocycles. The van der Waals surface area contributed by atoms with Crippen LogP contribution in [0.1, 0.15) is 71.1 Å². The van der Waals surface area contributed by atoms with Gasteiger partial charge in [-0.3, -0.25) is 4.79 Å². The highest BCUT2D eigenvalue weighted by Gasteiger charge is 2.15. The Labute approximate surface area is 93.4 Å². The zero-order valence-corrected chi connectivity index (χ0v) is 9.96. The van der Waals surface area contributed by atoms with E-state index < -0.39 is 0 Å². The van der Waals surface area contributed by atoms with Crippen molar-refractivity contribution in [1.82, 2.24) is 0 Å². The maximum Gasteiger partial charge on any atom is 0.306 e. The van der Waals surface area contributed by atoms with Crippen LogP contribution in [0.4, 0.5) is 0 Å². The first-order valence-electron chi connectivity index (χ1n) is 6.52. The van der Waals surface area contributed by atoms with Crippen molar-refractivity contribution < 1.29 is 9.53 Å². The van der Waals surface area contributed by atoms with Crippen molar-refractivity contribution in [2.24, 2.45) is 0 Å². The topological polar surface area (TPSA) is 26.3 Å². The Bertz CT molecular complexity index is 177. The van der Waals surface area contributed by atoms with Crippen LogP contribution in [0, 0.1) is 0 Å². The number of rotatable bonds is 4. The lowest BCUT2D eigenvalue weighted by atomic mass is 10.0. The Balaban J connectivity index is 2.27. The number of unbranched alkanes of at least 4 members (excludes halogenated alkanes) is 2. The third-order valence-electron chi connectivity index (χ3n) is 3.08. The van der Waals surface area contributed by atoms with E-state index in [-0.39, 0.29) is 12.1 Å². The highest BCUT2D eigenvalue weighted by molar-refractivity contribution is 5.69. The molecule has 0 saturated carbocycles. The summed E-state index contributed by atoms with van der Waals surface area (Å²) in [5, 5.41) is 0. The van der Waals surface area contributed by atoms with Gasteiger partial charge in [-0.2, -0.15) is 0 Å². The molecule has 0 aromatic heterocycles. The van der Waals surface area contributed by atoms with Crippen molar-refractivity contribution in [2.75, 3.05) is 0 Å². The molecule has 1 atom stereocenters. The zero-order valence-electron chi connectivity index (χ0n) is 9.96. The highest BCUT2D eigenvalue weighted by Crippen LogP contribution is 2.18. The molecule has 2 heteroatoms. The molecule has 0 radical (unpaired) electrons. The van der Waals surface area contributed by atoms with Crippen molar-refractivity contribution in [3.05, 3.63) is 0 Å². The summed E-state index contributed by atoms with van der Waals surface area (Å²) in [6.07, 6.45) is 11.4. The quantitative estimate of drug-likeness (QED) is 0.523. The molecule has 0 spiro atoms. The third-order valence-corrected chi connectivity index (χ3v) is 3.08. The third kappa shape index (κ3) is 5.81. The first kappa shape index (κ1) is 12.5. The van der Waals surface area contributed by atoms with E-state index in [1.165, 1.54) is 38.5 Å². The lowest BCUT2D eigenvalue weighted by Crippen LogP contribution is -2.17. The maximum atomic E-state index is 11.4. The van der Waals surface area contributed by atoms with Gasteiger partial charge in [0, 0.05) is 6.42 Å². The molecule has 1 aliphatic rings. The van der Waals surface area contributed by atoms with Crippen molar-refractivity contribution in [2.45, 2.75) is 77.2 Å². The number of carbonyl (C=O) groups excluding carboxylic acids is 1. The van der Waals surface area contributed by atoms with Crippen LogP contribution in [-0.2, 0) is 9.53 Å². The second-order valence-corrected chi connectivity index (χ2v) is 4.56. The van der Waals surface area contributed by atoms with Gasteiger partial charge >= 0.3 is 5.97 Å². The van der Waals surface area contributed by atoms with Gasteiger partial charge in [-0.15, -0.1) is 0 Å². The fourth-order valence-electron chi connectivity index (χ4n) is 2.12. The molecular formula is C13H24O2. The van der Waals surface area contributed by atoms with Gasteiger partial charge in [0.15, 0.2) is 0 Å². The van der Waals surface area contributed by atoms with E-state index in [0.717, 1.165) is 19.3 Å². The van der Waals surface area contributed by atoms with Gasteiger partial charge in [-0.1, -0.05) is 32.6 Å².